The number of hydrogen-bond acceptors (Lipinski definition) is 7. The minimum Gasteiger partial charge on any atom is -0.324 e. The van der Waals surface area contributed by atoms with Gasteiger partial charge >= 0.3 is 0 Å². The second-order valence-corrected chi connectivity index (χ2v) is 11.2. The summed E-state index contributed by atoms with van der Waals surface area (Å²) in [4.78, 5) is 23.4. The topological polar surface area (TPSA) is 92.3 Å². The Morgan fingerprint density at radius 1 is 1.23 bits per heavy atom. The number of nitrogens with zero attached hydrogens (tertiary/aromatic N) is 3. The molecule has 2 aromatic heterocycles. The van der Waals surface area contributed by atoms with Crippen LogP contribution in [0.4, 0.5) is 5.69 Å². The van der Waals surface area contributed by atoms with E-state index in [2.05, 4.69) is 15.3 Å². The van der Waals surface area contributed by atoms with Crippen molar-refractivity contribution < 1.29 is 13.2 Å². The molecule has 7 nitrogen and oxygen atoms in total. The summed E-state index contributed by atoms with van der Waals surface area (Å²) in [7, 11) is -3.66. The van der Waals surface area contributed by atoms with E-state index in [1.54, 1.807) is 25.2 Å². The Kier molecular flexibility index (Phi) is 7.59. The lowest BCUT2D eigenvalue weighted by atomic mass is 10.2. The van der Waals surface area contributed by atoms with Crippen LogP contribution in [0.15, 0.2) is 34.4 Å². The summed E-state index contributed by atoms with van der Waals surface area (Å²) in [6.07, 6.45) is 1.50. The first kappa shape index (κ1) is 23.9. The molecule has 1 aromatic carbocycles. The molecule has 2 heterocycles. The first-order valence-corrected chi connectivity index (χ1v) is 13.2. The van der Waals surface area contributed by atoms with Crippen molar-refractivity contribution in [1.82, 2.24) is 14.3 Å². The Balaban J connectivity index is 1.77. The monoisotopic (exact) mass is 498 g/mol. The first-order chi connectivity index (χ1) is 14.7. The van der Waals surface area contributed by atoms with E-state index in [1.165, 1.54) is 45.5 Å². The van der Waals surface area contributed by atoms with Gasteiger partial charge in [-0.2, -0.15) is 4.31 Å². The summed E-state index contributed by atoms with van der Waals surface area (Å²) in [5, 5.41) is 4.70. The Hall–Kier alpha value is -1.72. The van der Waals surface area contributed by atoms with E-state index in [0.717, 1.165) is 20.8 Å². The van der Waals surface area contributed by atoms with Crippen LogP contribution in [0, 0.1) is 13.8 Å². The normalized spacial score (nSPS) is 11.9. The van der Waals surface area contributed by atoms with Gasteiger partial charge in [-0.3, -0.25) is 4.79 Å². The number of rotatable bonds is 8. The van der Waals surface area contributed by atoms with Gasteiger partial charge in [0.25, 0.3) is 0 Å². The number of thioether (sulfide) groups is 1. The van der Waals surface area contributed by atoms with Gasteiger partial charge in [-0.15, -0.1) is 11.3 Å². The summed E-state index contributed by atoms with van der Waals surface area (Å²) in [5.41, 5.74) is 1.37. The van der Waals surface area contributed by atoms with Gasteiger partial charge in [0.1, 0.15) is 16.2 Å². The highest BCUT2D eigenvalue weighted by molar-refractivity contribution is 8.00. The average Bonchev–Trinajstić information content (AvgIpc) is 3.03. The standard InChI is InChI=1S/C20H23ClN4O3S3/c1-5-25(6-2)31(27,28)14-7-8-15(21)16(9-14)24-17(26)10-29-19-18-12(3)13(4)30-20(18)23-11-22-19/h7-9,11H,5-6,10H2,1-4H3,(H,24,26). The number of nitrogens with one attached hydrogen (secondary N) is 1. The molecule has 1 amide bonds. The third kappa shape index (κ3) is 5.04. The quantitative estimate of drug-likeness (QED) is 0.356. The van der Waals surface area contributed by atoms with Crippen molar-refractivity contribution in [1.29, 1.82) is 0 Å². The highest BCUT2D eigenvalue weighted by Gasteiger charge is 2.23. The molecule has 0 spiro atoms. The van der Waals surface area contributed by atoms with Crippen LogP contribution >= 0.6 is 34.7 Å². The maximum atomic E-state index is 12.8. The fourth-order valence-electron chi connectivity index (χ4n) is 3.05. The number of sulfonamides is 1. The van der Waals surface area contributed by atoms with Crippen LogP contribution in [0.3, 0.4) is 0 Å². The van der Waals surface area contributed by atoms with Crippen molar-refractivity contribution in [2.45, 2.75) is 37.6 Å². The van der Waals surface area contributed by atoms with Crippen LogP contribution in [-0.4, -0.2) is 47.4 Å². The number of anilines is 1. The van der Waals surface area contributed by atoms with Crippen LogP contribution in [0.25, 0.3) is 10.2 Å². The molecule has 1 N–H and O–H groups in total. The number of hydrogen-bond donors (Lipinski definition) is 1. The molecule has 0 radical (unpaired) electrons. The predicted molar refractivity (Wildman–Crippen MR) is 128 cm³/mol. The third-order valence-corrected chi connectivity index (χ3v) is 9.31. The van der Waals surface area contributed by atoms with E-state index in [1.807, 2.05) is 13.8 Å². The largest absolute Gasteiger partial charge is 0.324 e. The molecule has 0 aliphatic heterocycles. The van der Waals surface area contributed by atoms with Gasteiger partial charge in [-0.25, -0.2) is 18.4 Å². The maximum absolute atomic E-state index is 12.8. The zero-order valence-electron chi connectivity index (χ0n) is 17.6. The highest BCUT2D eigenvalue weighted by atomic mass is 35.5. The fraction of sp³-hybridized carbons (Fsp3) is 0.350. The Morgan fingerprint density at radius 2 is 1.94 bits per heavy atom. The van der Waals surface area contributed by atoms with E-state index in [9.17, 15) is 13.2 Å². The molecular formula is C20H23ClN4O3S3. The lowest BCUT2D eigenvalue weighted by Gasteiger charge is -2.19. The highest BCUT2D eigenvalue weighted by Crippen LogP contribution is 2.34. The molecule has 0 atom stereocenters. The zero-order valence-corrected chi connectivity index (χ0v) is 20.8. The number of carbonyl (C=O) groups excluding carboxylic acids is 1. The van der Waals surface area contributed by atoms with E-state index in [-0.39, 0.29) is 27.3 Å². The number of aryl methyl sites for hydroxylation is 2. The minimum absolute atomic E-state index is 0.0884. The van der Waals surface area contributed by atoms with E-state index in [0.29, 0.717) is 13.1 Å². The summed E-state index contributed by atoms with van der Waals surface area (Å²) >= 11 is 9.11. The molecule has 0 aliphatic rings. The Morgan fingerprint density at radius 3 is 2.61 bits per heavy atom. The van der Waals surface area contributed by atoms with Gasteiger partial charge in [-0.1, -0.05) is 37.2 Å². The molecule has 11 heteroatoms. The number of amides is 1. The van der Waals surface area contributed by atoms with Crippen LogP contribution in [0.2, 0.25) is 5.02 Å². The number of benzene rings is 1. The van der Waals surface area contributed by atoms with Crippen molar-refractivity contribution >= 4 is 66.5 Å². The molecule has 0 bridgehead atoms. The van der Waals surface area contributed by atoms with Crippen molar-refractivity contribution in [2.75, 3.05) is 24.2 Å². The third-order valence-electron chi connectivity index (χ3n) is 4.83. The molecule has 0 aliphatic carbocycles. The SMILES string of the molecule is CCN(CC)S(=O)(=O)c1ccc(Cl)c(NC(=O)CSc2ncnc3sc(C)c(C)c23)c1. The van der Waals surface area contributed by atoms with Crippen molar-refractivity contribution in [2.24, 2.45) is 0 Å². The molecule has 3 aromatic rings. The summed E-state index contributed by atoms with van der Waals surface area (Å²) < 4.78 is 26.9. The lowest BCUT2D eigenvalue weighted by Crippen LogP contribution is -2.30. The number of halogens is 1. The van der Waals surface area contributed by atoms with Crippen LogP contribution < -0.4 is 5.32 Å². The molecule has 0 fully saturated rings. The van der Waals surface area contributed by atoms with Crippen molar-refractivity contribution in [3.8, 4) is 0 Å². The van der Waals surface area contributed by atoms with E-state index >= 15 is 0 Å². The summed E-state index contributed by atoms with van der Waals surface area (Å²) in [6.45, 7) is 8.31. The smallest absolute Gasteiger partial charge is 0.243 e. The minimum atomic E-state index is -3.66. The van der Waals surface area contributed by atoms with Gasteiger partial charge in [0, 0.05) is 23.4 Å². The van der Waals surface area contributed by atoms with Crippen LogP contribution in [0.1, 0.15) is 24.3 Å². The van der Waals surface area contributed by atoms with Gasteiger partial charge in [0.05, 0.1) is 21.4 Å². The first-order valence-electron chi connectivity index (χ1n) is 9.62. The van der Waals surface area contributed by atoms with Gasteiger partial charge in [-0.05, 0) is 37.6 Å². The molecule has 166 valence electrons. The van der Waals surface area contributed by atoms with Crippen LogP contribution in [-0.2, 0) is 14.8 Å². The molecule has 3 rings (SSSR count). The molecule has 0 unspecified atom stereocenters. The molecular weight excluding hydrogens is 476 g/mol. The molecule has 31 heavy (non-hydrogen) atoms. The second kappa shape index (κ2) is 9.83. The molecule has 0 saturated carbocycles. The Labute approximate surface area is 195 Å². The maximum Gasteiger partial charge on any atom is 0.243 e. The van der Waals surface area contributed by atoms with Gasteiger partial charge in [0.15, 0.2) is 0 Å². The van der Waals surface area contributed by atoms with Gasteiger partial charge in [0.2, 0.25) is 15.9 Å². The lowest BCUT2D eigenvalue weighted by molar-refractivity contribution is -0.113. The fourth-order valence-corrected chi connectivity index (χ4v) is 6.62. The van der Waals surface area contributed by atoms with E-state index < -0.39 is 10.0 Å². The van der Waals surface area contributed by atoms with Crippen molar-refractivity contribution in [3.05, 3.63) is 40.0 Å². The van der Waals surface area contributed by atoms with Crippen LogP contribution in [0.5, 0.6) is 0 Å². The number of carbonyl (C=O) groups is 1. The number of thiophene rings is 1. The zero-order chi connectivity index (χ0) is 22.8. The van der Waals surface area contributed by atoms with E-state index in [4.69, 9.17) is 11.6 Å². The van der Waals surface area contributed by atoms with Gasteiger partial charge < -0.3 is 5.32 Å². The predicted octanol–water partition coefficient (Wildman–Crippen LogP) is 4.72. The Bertz CT molecular complexity index is 1220. The summed E-state index contributed by atoms with van der Waals surface area (Å²) in [5.74, 6) is -0.204. The average molecular weight is 499 g/mol. The van der Waals surface area contributed by atoms with Crippen molar-refractivity contribution in [3.63, 3.8) is 0 Å². The second-order valence-electron chi connectivity index (χ2n) is 6.71. The summed E-state index contributed by atoms with van der Waals surface area (Å²) in [6, 6.07) is 4.32. The molecule has 0 saturated heterocycles. The number of aromatic nitrogens is 2. The number of fused-ring (bicyclic) bond motifs is 1.